The molecule has 0 radical (unpaired) electrons. The Bertz CT molecular complexity index is 725. The van der Waals surface area contributed by atoms with Crippen LogP contribution in [0, 0.1) is 11.6 Å². The number of nitrogens with one attached hydrogen (secondary N) is 1. The molecular weight excluding hydrogens is 332 g/mol. The van der Waals surface area contributed by atoms with Crippen molar-refractivity contribution in [3.05, 3.63) is 34.9 Å². The molecule has 0 aromatic heterocycles. The second-order valence-corrected chi connectivity index (χ2v) is 6.90. The zero-order valence-corrected chi connectivity index (χ0v) is 13.1. The highest BCUT2D eigenvalue weighted by molar-refractivity contribution is 7.85. The van der Waals surface area contributed by atoms with Crippen LogP contribution in [0.2, 0.25) is 0 Å². The maximum absolute atomic E-state index is 14.2. The van der Waals surface area contributed by atoms with E-state index in [0.717, 1.165) is 18.4 Å². The molecule has 9 heteroatoms. The third kappa shape index (κ3) is 4.55. The molecule has 1 N–H and O–H groups in total. The summed E-state index contributed by atoms with van der Waals surface area (Å²) in [6.45, 7) is -0.241. The molecule has 0 bridgehead atoms. The standard InChI is InChI=1S/C14H15F2NO5S/c1-23(20,21)22-5-4-8-6-10(15)13(11(16)7-8)9-2-3-12(18)17-14(9)19/h6-7,9H,2-5H2,1H3,(H,17,18,19). The molecule has 1 aromatic carbocycles. The molecule has 1 aliphatic heterocycles. The molecule has 126 valence electrons. The summed E-state index contributed by atoms with van der Waals surface area (Å²) >= 11 is 0. The van der Waals surface area contributed by atoms with Crippen molar-refractivity contribution in [1.82, 2.24) is 5.32 Å². The maximum Gasteiger partial charge on any atom is 0.264 e. The Morgan fingerprint density at radius 3 is 2.39 bits per heavy atom. The number of halogens is 2. The van der Waals surface area contributed by atoms with E-state index in [1.807, 2.05) is 5.32 Å². The lowest BCUT2D eigenvalue weighted by atomic mass is 9.89. The Labute approximate surface area is 131 Å². The first-order valence-electron chi connectivity index (χ1n) is 6.83. The Morgan fingerprint density at radius 2 is 1.87 bits per heavy atom. The largest absolute Gasteiger partial charge is 0.296 e. The Balaban J connectivity index is 2.17. The van der Waals surface area contributed by atoms with E-state index in [0.29, 0.717) is 0 Å². The van der Waals surface area contributed by atoms with Gasteiger partial charge >= 0.3 is 0 Å². The van der Waals surface area contributed by atoms with Crippen molar-refractivity contribution >= 4 is 21.9 Å². The highest BCUT2D eigenvalue weighted by atomic mass is 32.2. The van der Waals surface area contributed by atoms with Crippen molar-refractivity contribution in [3.8, 4) is 0 Å². The predicted molar refractivity (Wildman–Crippen MR) is 76.0 cm³/mol. The first kappa shape index (κ1) is 17.5. The third-order valence-corrected chi connectivity index (χ3v) is 4.01. The van der Waals surface area contributed by atoms with E-state index in [1.54, 1.807) is 0 Å². The molecule has 23 heavy (non-hydrogen) atoms. The highest BCUT2D eigenvalue weighted by Crippen LogP contribution is 2.30. The van der Waals surface area contributed by atoms with Gasteiger partial charge in [0.25, 0.3) is 10.1 Å². The molecule has 1 heterocycles. The lowest BCUT2D eigenvalue weighted by Gasteiger charge is -2.22. The summed E-state index contributed by atoms with van der Waals surface area (Å²) in [4.78, 5) is 22.8. The van der Waals surface area contributed by atoms with Gasteiger partial charge < -0.3 is 0 Å². The Morgan fingerprint density at radius 1 is 1.26 bits per heavy atom. The molecule has 1 atom stereocenters. The van der Waals surface area contributed by atoms with Gasteiger partial charge in [-0.25, -0.2) is 8.78 Å². The van der Waals surface area contributed by atoms with Gasteiger partial charge in [0.15, 0.2) is 0 Å². The number of rotatable bonds is 5. The van der Waals surface area contributed by atoms with Crippen LogP contribution >= 0.6 is 0 Å². The minimum atomic E-state index is -3.62. The van der Waals surface area contributed by atoms with E-state index in [4.69, 9.17) is 0 Å². The average molecular weight is 347 g/mol. The minimum absolute atomic E-state index is 0.00343. The summed E-state index contributed by atoms with van der Waals surface area (Å²) in [6, 6.07) is 2.07. The molecular formula is C14H15F2NO5S. The van der Waals surface area contributed by atoms with Gasteiger partial charge in [-0.2, -0.15) is 8.42 Å². The van der Waals surface area contributed by atoms with Crippen LogP contribution in [0.5, 0.6) is 0 Å². The summed E-state index contributed by atoms with van der Waals surface area (Å²) in [7, 11) is -3.62. The number of hydrogen-bond donors (Lipinski definition) is 1. The molecule has 6 nitrogen and oxygen atoms in total. The van der Waals surface area contributed by atoms with E-state index >= 15 is 0 Å². The predicted octanol–water partition coefficient (Wildman–Crippen LogP) is 1.00. The van der Waals surface area contributed by atoms with Crippen LogP contribution in [0.25, 0.3) is 0 Å². The summed E-state index contributed by atoms with van der Waals surface area (Å²) in [5.41, 5.74) is -0.178. The van der Waals surface area contributed by atoms with Crippen molar-refractivity contribution < 1.29 is 31.0 Å². The quantitative estimate of drug-likeness (QED) is 0.634. The van der Waals surface area contributed by atoms with Crippen LogP contribution in [0.1, 0.15) is 29.9 Å². The fraction of sp³-hybridized carbons (Fsp3) is 0.429. The highest BCUT2D eigenvalue weighted by Gasteiger charge is 2.32. The van der Waals surface area contributed by atoms with Gasteiger partial charge in [-0.05, 0) is 30.5 Å². The monoisotopic (exact) mass is 347 g/mol. The number of carbonyl (C=O) groups is 2. The van der Waals surface area contributed by atoms with Gasteiger partial charge in [-0.1, -0.05) is 0 Å². The molecule has 0 aliphatic carbocycles. The summed E-state index contributed by atoms with van der Waals surface area (Å²) < 4.78 is 54.5. The van der Waals surface area contributed by atoms with Crippen molar-refractivity contribution in [2.24, 2.45) is 0 Å². The summed E-state index contributed by atoms with van der Waals surface area (Å²) in [6.07, 6.45) is 0.922. The minimum Gasteiger partial charge on any atom is -0.296 e. The Kier molecular flexibility index (Phi) is 5.10. The SMILES string of the molecule is CS(=O)(=O)OCCc1cc(F)c(C2CCC(=O)NC2=O)c(F)c1. The molecule has 2 rings (SSSR count). The summed E-state index contributed by atoms with van der Waals surface area (Å²) in [5.74, 6) is -4.08. The zero-order valence-electron chi connectivity index (χ0n) is 12.3. The van der Waals surface area contributed by atoms with Gasteiger partial charge in [0, 0.05) is 12.0 Å². The second-order valence-electron chi connectivity index (χ2n) is 5.25. The van der Waals surface area contributed by atoms with Crippen molar-refractivity contribution in [3.63, 3.8) is 0 Å². The van der Waals surface area contributed by atoms with Gasteiger partial charge in [0.05, 0.1) is 18.8 Å². The van der Waals surface area contributed by atoms with Gasteiger partial charge in [-0.3, -0.25) is 19.1 Å². The van der Waals surface area contributed by atoms with Crippen LogP contribution in [-0.4, -0.2) is 33.1 Å². The lowest BCUT2D eigenvalue weighted by Crippen LogP contribution is -2.40. The van der Waals surface area contributed by atoms with Crippen LogP contribution < -0.4 is 5.32 Å². The van der Waals surface area contributed by atoms with E-state index in [-0.39, 0.29) is 37.0 Å². The van der Waals surface area contributed by atoms with Gasteiger partial charge in [0.2, 0.25) is 11.8 Å². The fourth-order valence-electron chi connectivity index (χ4n) is 2.39. The van der Waals surface area contributed by atoms with Crippen LogP contribution in [-0.2, 0) is 30.3 Å². The lowest BCUT2D eigenvalue weighted by molar-refractivity contribution is -0.134. The molecule has 0 spiro atoms. The number of piperidine rings is 1. The third-order valence-electron chi connectivity index (χ3n) is 3.41. The summed E-state index contributed by atoms with van der Waals surface area (Å²) in [5, 5.41) is 2.05. The smallest absolute Gasteiger partial charge is 0.264 e. The number of amides is 2. The second kappa shape index (κ2) is 6.71. The molecule has 1 saturated heterocycles. The first-order chi connectivity index (χ1) is 10.7. The number of imide groups is 1. The van der Waals surface area contributed by atoms with Crippen molar-refractivity contribution in [2.75, 3.05) is 12.9 Å². The fourth-order valence-corrected chi connectivity index (χ4v) is 2.78. The van der Waals surface area contributed by atoms with E-state index < -0.39 is 39.5 Å². The zero-order chi connectivity index (χ0) is 17.2. The van der Waals surface area contributed by atoms with Crippen LogP contribution in [0.3, 0.4) is 0 Å². The van der Waals surface area contributed by atoms with Crippen LogP contribution in [0.4, 0.5) is 8.78 Å². The number of hydrogen-bond acceptors (Lipinski definition) is 5. The molecule has 1 unspecified atom stereocenters. The van der Waals surface area contributed by atoms with Crippen LogP contribution in [0.15, 0.2) is 12.1 Å². The molecule has 1 fully saturated rings. The van der Waals surface area contributed by atoms with Crippen molar-refractivity contribution in [1.29, 1.82) is 0 Å². The number of benzene rings is 1. The first-order valence-corrected chi connectivity index (χ1v) is 8.65. The van der Waals surface area contributed by atoms with E-state index in [9.17, 15) is 26.8 Å². The molecule has 0 saturated carbocycles. The topological polar surface area (TPSA) is 89.5 Å². The van der Waals surface area contributed by atoms with E-state index in [2.05, 4.69) is 4.18 Å². The molecule has 1 aromatic rings. The van der Waals surface area contributed by atoms with Gasteiger partial charge in [-0.15, -0.1) is 0 Å². The molecule has 2 amide bonds. The maximum atomic E-state index is 14.2. The van der Waals surface area contributed by atoms with E-state index in [1.165, 1.54) is 0 Å². The van der Waals surface area contributed by atoms with Gasteiger partial charge in [0.1, 0.15) is 11.6 Å². The number of carbonyl (C=O) groups excluding carboxylic acids is 2. The average Bonchev–Trinajstić information content (AvgIpc) is 2.39. The normalized spacial score (nSPS) is 18.8. The van der Waals surface area contributed by atoms with Crippen molar-refractivity contribution in [2.45, 2.75) is 25.2 Å². The molecule has 1 aliphatic rings. The Hall–Kier alpha value is -1.87.